The zero-order valence-electron chi connectivity index (χ0n) is 15.3. The van der Waals surface area contributed by atoms with Gasteiger partial charge in [-0.25, -0.2) is 13.8 Å². The lowest BCUT2D eigenvalue weighted by Gasteiger charge is -2.49. The normalized spacial score (nSPS) is 22.5. The summed E-state index contributed by atoms with van der Waals surface area (Å²) in [7, 11) is 0. The monoisotopic (exact) mass is 361 g/mol. The Morgan fingerprint density at radius 1 is 1.23 bits per heavy atom. The molecule has 2 aliphatic rings. The molecule has 4 nitrogen and oxygen atoms in total. The molecule has 0 spiro atoms. The fourth-order valence-electron chi connectivity index (χ4n) is 4.11. The molecule has 0 saturated carbocycles. The first-order valence-corrected chi connectivity index (χ1v) is 9.41. The van der Waals surface area contributed by atoms with E-state index in [2.05, 4.69) is 21.7 Å². The van der Waals surface area contributed by atoms with E-state index in [0.717, 1.165) is 24.8 Å². The van der Waals surface area contributed by atoms with E-state index in [1.807, 2.05) is 6.92 Å². The van der Waals surface area contributed by atoms with Gasteiger partial charge in [-0.3, -0.25) is 9.80 Å². The lowest BCUT2D eigenvalue weighted by atomic mass is 9.97. The minimum atomic E-state index is -0.914. The third-order valence-corrected chi connectivity index (χ3v) is 5.71. The summed E-state index contributed by atoms with van der Waals surface area (Å²) >= 11 is 0. The lowest BCUT2D eigenvalue weighted by Crippen LogP contribution is -2.61. The SMILES string of the molecule is Cc1oc(-c2cccc(F)c2F)nc1CN1CC(N2CCCCC2C)C1. The Balaban J connectivity index is 1.41. The van der Waals surface area contributed by atoms with Gasteiger partial charge in [0.1, 0.15) is 5.76 Å². The summed E-state index contributed by atoms with van der Waals surface area (Å²) in [5, 5.41) is 0. The number of halogens is 2. The van der Waals surface area contributed by atoms with Gasteiger partial charge in [-0.1, -0.05) is 12.5 Å². The number of nitrogens with zero attached hydrogens (tertiary/aromatic N) is 3. The van der Waals surface area contributed by atoms with Gasteiger partial charge in [-0.15, -0.1) is 0 Å². The van der Waals surface area contributed by atoms with E-state index in [1.54, 1.807) is 0 Å². The molecule has 0 amide bonds. The van der Waals surface area contributed by atoms with Crippen molar-refractivity contribution < 1.29 is 13.2 Å². The smallest absolute Gasteiger partial charge is 0.229 e. The lowest BCUT2D eigenvalue weighted by molar-refractivity contribution is -0.00685. The van der Waals surface area contributed by atoms with Crippen molar-refractivity contribution in [2.45, 2.75) is 51.7 Å². The fraction of sp³-hybridized carbons (Fsp3) is 0.550. The van der Waals surface area contributed by atoms with Crippen LogP contribution in [0.15, 0.2) is 22.6 Å². The number of hydrogen-bond donors (Lipinski definition) is 0. The van der Waals surface area contributed by atoms with Crippen LogP contribution in [-0.2, 0) is 6.54 Å². The third kappa shape index (κ3) is 3.28. The molecule has 2 saturated heterocycles. The molecule has 4 rings (SSSR count). The minimum Gasteiger partial charge on any atom is -0.441 e. The molecule has 26 heavy (non-hydrogen) atoms. The van der Waals surface area contributed by atoms with Gasteiger partial charge in [0.15, 0.2) is 11.6 Å². The molecule has 2 aromatic rings. The van der Waals surface area contributed by atoms with Crippen LogP contribution in [-0.4, -0.2) is 46.5 Å². The van der Waals surface area contributed by atoms with E-state index in [0.29, 0.717) is 24.4 Å². The van der Waals surface area contributed by atoms with E-state index in [1.165, 1.54) is 37.9 Å². The van der Waals surface area contributed by atoms with Gasteiger partial charge >= 0.3 is 0 Å². The summed E-state index contributed by atoms with van der Waals surface area (Å²) in [6.45, 7) is 8.09. The van der Waals surface area contributed by atoms with Crippen LogP contribution >= 0.6 is 0 Å². The second-order valence-electron chi connectivity index (χ2n) is 7.55. The van der Waals surface area contributed by atoms with E-state index in [4.69, 9.17) is 4.42 Å². The summed E-state index contributed by atoms with van der Waals surface area (Å²) in [6.07, 6.45) is 3.93. The molecule has 2 fully saturated rings. The van der Waals surface area contributed by atoms with Crippen LogP contribution in [0.3, 0.4) is 0 Å². The molecule has 0 bridgehead atoms. The highest BCUT2D eigenvalue weighted by atomic mass is 19.2. The van der Waals surface area contributed by atoms with Gasteiger partial charge in [-0.05, 0) is 45.4 Å². The molecular formula is C20H25F2N3O. The van der Waals surface area contributed by atoms with E-state index in [-0.39, 0.29) is 11.5 Å². The van der Waals surface area contributed by atoms with Crippen LogP contribution in [0.2, 0.25) is 0 Å². The van der Waals surface area contributed by atoms with Gasteiger partial charge in [0, 0.05) is 31.7 Å². The zero-order chi connectivity index (χ0) is 18.3. The Morgan fingerprint density at radius 2 is 2.04 bits per heavy atom. The van der Waals surface area contributed by atoms with Crippen molar-refractivity contribution in [3.63, 3.8) is 0 Å². The predicted octanol–water partition coefficient (Wildman–Crippen LogP) is 3.99. The van der Waals surface area contributed by atoms with Crippen molar-refractivity contribution in [1.29, 1.82) is 0 Å². The highest BCUT2D eigenvalue weighted by Gasteiger charge is 2.35. The van der Waals surface area contributed by atoms with Crippen LogP contribution in [0.25, 0.3) is 11.5 Å². The van der Waals surface area contributed by atoms with Crippen molar-refractivity contribution in [1.82, 2.24) is 14.8 Å². The van der Waals surface area contributed by atoms with Crippen molar-refractivity contribution >= 4 is 0 Å². The Kier molecular flexibility index (Phi) is 4.80. The number of benzene rings is 1. The van der Waals surface area contributed by atoms with Crippen LogP contribution < -0.4 is 0 Å². The topological polar surface area (TPSA) is 32.5 Å². The summed E-state index contributed by atoms with van der Waals surface area (Å²) in [4.78, 5) is 9.39. The molecule has 140 valence electrons. The maximum Gasteiger partial charge on any atom is 0.229 e. The van der Waals surface area contributed by atoms with Crippen LogP contribution in [0.4, 0.5) is 8.78 Å². The zero-order valence-corrected chi connectivity index (χ0v) is 15.3. The second kappa shape index (κ2) is 7.08. The maximum atomic E-state index is 14.0. The number of piperidine rings is 1. The van der Waals surface area contributed by atoms with Crippen molar-refractivity contribution in [3.05, 3.63) is 41.3 Å². The van der Waals surface area contributed by atoms with Crippen LogP contribution in [0.5, 0.6) is 0 Å². The van der Waals surface area contributed by atoms with E-state index < -0.39 is 11.6 Å². The molecule has 1 aromatic heterocycles. The van der Waals surface area contributed by atoms with Crippen molar-refractivity contribution in [3.8, 4) is 11.5 Å². The second-order valence-corrected chi connectivity index (χ2v) is 7.55. The van der Waals surface area contributed by atoms with Gasteiger partial charge in [-0.2, -0.15) is 0 Å². The molecule has 3 heterocycles. The Bertz CT molecular complexity index is 785. The largest absolute Gasteiger partial charge is 0.441 e. The molecule has 2 aliphatic heterocycles. The number of aromatic nitrogens is 1. The van der Waals surface area contributed by atoms with Gasteiger partial charge in [0.2, 0.25) is 5.89 Å². The maximum absolute atomic E-state index is 14.0. The number of hydrogen-bond acceptors (Lipinski definition) is 4. The average molecular weight is 361 g/mol. The summed E-state index contributed by atoms with van der Waals surface area (Å²) in [5.74, 6) is -0.987. The molecule has 0 N–H and O–H groups in total. The highest BCUT2D eigenvalue weighted by Crippen LogP contribution is 2.29. The van der Waals surface area contributed by atoms with Crippen molar-refractivity contribution in [2.24, 2.45) is 0 Å². The first-order valence-electron chi connectivity index (χ1n) is 9.41. The summed E-state index contributed by atoms with van der Waals surface area (Å²) in [6, 6.07) is 5.35. The van der Waals surface area contributed by atoms with E-state index >= 15 is 0 Å². The molecule has 6 heteroatoms. The number of likely N-dealkylation sites (tertiary alicyclic amines) is 2. The average Bonchev–Trinajstić information content (AvgIpc) is 2.94. The summed E-state index contributed by atoms with van der Waals surface area (Å²) < 4.78 is 33.0. The molecule has 0 radical (unpaired) electrons. The molecule has 1 unspecified atom stereocenters. The molecular weight excluding hydrogens is 336 g/mol. The van der Waals surface area contributed by atoms with Gasteiger partial charge in [0.25, 0.3) is 0 Å². The predicted molar refractivity (Wildman–Crippen MR) is 95.7 cm³/mol. The quantitative estimate of drug-likeness (QED) is 0.824. The van der Waals surface area contributed by atoms with Gasteiger partial charge in [0.05, 0.1) is 11.3 Å². The highest BCUT2D eigenvalue weighted by molar-refractivity contribution is 5.54. The standard InChI is InChI=1S/C20H25F2N3O/c1-13-6-3-4-9-25(13)15-10-24(11-15)12-18-14(2)26-20(23-18)16-7-5-8-17(21)19(16)22/h5,7-8,13,15H,3-4,6,9-12H2,1-2H3. The first-order chi connectivity index (χ1) is 12.5. The van der Waals surface area contributed by atoms with Gasteiger partial charge < -0.3 is 4.42 Å². The van der Waals surface area contributed by atoms with Crippen molar-refractivity contribution in [2.75, 3.05) is 19.6 Å². The Hall–Kier alpha value is -1.79. The van der Waals surface area contributed by atoms with E-state index in [9.17, 15) is 8.78 Å². The summed E-state index contributed by atoms with van der Waals surface area (Å²) in [5.41, 5.74) is 0.872. The molecule has 0 aliphatic carbocycles. The van der Waals surface area contributed by atoms with Crippen LogP contribution in [0, 0.1) is 18.6 Å². The first kappa shape index (κ1) is 17.6. The fourth-order valence-corrected chi connectivity index (χ4v) is 4.11. The number of oxazole rings is 1. The number of rotatable bonds is 4. The number of aryl methyl sites for hydroxylation is 1. The minimum absolute atomic E-state index is 0.0722. The Labute approximate surface area is 152 Å². The third-order valence-electron chi connectivity index (χ3n) is 5.71. The molecule has 1 atom stereocenters. The Morgan fingerprint density at radius 3 is 2.81 bits per heavy atom. The molecule has 1 aromatic carbocycles. The van der Waals surface area contributed by atoms with Crippen LogP contribution in [0.1, 0.15) is 37.6 Å².